The number of piperazine rings is 1. The number of carbonyl (C=O) groups is 2. The van der Waals surface area contributed by atoms with Gasteiger partial charge in [0.15, 0.2) is 9.84 Å². The normalized spacial score (nSPS) is 14.8. The summed E-state index contributed by atoms with van der Waals surface area (Å²) in [5.41, 5.74) is 0.676. The Labute approximate surface area is 173 Å². The van der Waals surface area contributed by atoms with Gasteiger partial charge in [-0.1, -0.05) is 23.2 Å². The average Bonchev–Trinajstić information content (AvgIpc) is 2.67. The van der Waals surface area contributed by atoms with E-state index in [1.54, 1.807) is 34.1 Å². The molecule has 28 heavy (non-hydrogen) atoms. The third kappa shape index (κ3) is 4.48. The summed E-state index contributed by atoms with van der Waals surface area (Å²) in [5.74, 6) is -0.477. The molecule has 2 aromatic carbocycles. The number of benzene rings is 2. The Kier molecular flexibility index (Phi) is 5.98. The van der Waals surface area contributed by atoms with Gasteiger partial charge in [-0.25, -0.2) is 8.42 Å². The molecule has 2 amide bonds. The maximum Gasteiger partial charge on any atom is 0.255 e. The SMILES string of the molecule is CS(=O)(=O)c1ccc(Cl)c(C(=O)N2CCN(C(=O)c3ccc(Cl)cc3)CC2)c1. The highest BCUT2D eigenvalue weighted by Crippen LogP contribution is 2.23. The fourth-order valence-corrected chi connectivity index (χ4v) is 3.93. The highest BCUT2D eigenvalue weighted by molar-refractivity contribution is 7.90. The standard InChI is InChI=1S/C19H18Cl2N2O4S/c1-28(26,27)15-6-7-17(21)16(12-15)19(25)23-10-8-22(9-11-23)18(24)13-2-4-14(20)5-3-13/h2-7,12H,8-11H2,1H3. The van der Waals surface area contributed by atoms with E-state index in [1.165, 1.54) is 18.2 Å². The van der Waals surface area contributed by atoms with Gasteiger partial charge in [0.2, 0.25) is 0 Å². The van der Waals surface area contributed by atoms with Crippen molar-refractivity contribution in [2.75, 3.05) is 32.4 Å². The molecule has 0 aliphatic carbocycles. The van der Waals surface area contributed by atoms with Gasteiger partial charge < -0.3 is 9.80 Å². The van der Waals surface area contributed by atoms with Crippen LogP contribution in [-0.2, 0) is 9.84 Å². The molecule has 0 N–H and O–H groups in total. The Morgan fingerprint density at radius 3 is 1.93 bits per heavy atom. The van der Waals surface area contributed by atoms with Crippen molar-refractivity contribution in [3.8, 4) is 0 Å². The Morgan fingerprint density at radius 1 is 0.857 bits per heavy atom. The van der Waals surface area contributed by atoms with Crippen molar-refractivity contribution in [2.45, 2.75) is 4.90 Å². The Balaban J connectivity index is 1.70. The van der Waals surface area contributed by atoms with Gasteiger partial charge in [0, 0.05) is 43.0 Å². The van der Waals surface area contributed by atoms with Crippen LogP contribution in [0.25, 0.3) is 0 Å². The molecule has 6 nitrogen and oxygen atoms in total. The van der Waals surface area contributed by atoms with Crippen LogP contribution in [-0.4, -0.2) is 62.5 Å². The van der Waals surface area contributed by atoms with Gasteiger partial charge in [-0.3, -0.25) is 9.59 Å². The molecule has 0 aromatic heterocycles. The van der Waals surface area contributed by atoms with Gasteiger partial charge in [-0.15, -0.1) is 0 Å². The highest BCUT2D eigenvalue weighted by Gasteiger charge is 2.27. The highest BCUT2D eigenvalue weighted by atomic mass is 35.5. The number of hydrogen-bond donors (Lipinski definition) is 0. The molecule has 1 aliphatic heterocycles. The fraction of sp³-hybridized carbons (Fsp3) is 0.263. The van der Waals surface area contributed by atoms with Crippen molar-refractivity contribution in [1.82, 2.24) is 9.80 Å². The minimum Gasteiger partial charge on any atom is -0.335 e. The van der Waals surface area contributed by atoms with E-state index in [2.05, 4.69) is 0 Å². The first-order chi connectivity index (χ1) is 13.2. The van der Waals surface area contributed by atoms with Crippen LogP contribution in [0.3, 0.4) is 0 Å². The third-order valence-corrected chi connectivity index (χ3v) is 6.23. The van der Waals surface area contributed by atoms with Crippen LogP contribution in [0.4, 0.5) is 0 Å². The molecule has 0 saturated carbocycles. The molecule has 0 bridgehead atoms. The molecule has 1 heterocycles. The minimum atomic E-state index is -3.45. The number of hydrogen-bond acceptors (Lipinski definition) is 4. The number of sulfone groups is 1. The summed E-state index contributed by atoms with van der Waals surface area (Å²) < 4.78 is 23.5. The van der Waals surface area contributed by atoms with Crippen molar-refractivity contribution in [1.29, 1.82) is 0 Å². The van der Waals surface area contributed by atoms with Crippen LogP contribution in [0.1, 0.15) is 20.7 Å². The first-order valence-corrected chi connectivity index (χ1v) is 11.2. The summed E-state index contributed by atoms with van der Waals surface area (Å²) >= 11 is 12.0. The Bertz CT molecular complexity index is 1010. The summed E-state index contributed by atoms with van der Waals surface area (Å²) in [4.78, 5) is 28.6. The lowest BCUT2D eigenvalue weighted by Crippen LogP contribution is -2.50. The second-order valence-corrected chi connectivity index (χ2v) is 9.36. The van der Waals surface area contributed by atoms with E-state index in [-0.39, 0.29) is 27.3 Å². The third-order valence-electron chi connectivity index (χ3n) is 4.54. The molecular formula is C19H18Cl2N2O4S. The molecule has 0 atom stereocenters. The zero-order valence-electron chi connectivity index (χ0n) is 15.1. The largest absolute Gasteiger partial charge is 0.335 e. The van der Waals surface area contributed by atoms with Crippen LogP contribution in [0.15, 0.2) is 47.4 Å². The van der Waals surface area contributed by atoms with Gasteiger partial charge in [-0.2, -0.15) is 0 Å². The molecule has 9 heteroatoms. The molecule has 1 aliphatic rings. The molecule has 1 saturated heterocycles. The van der Waals surface area contributed by atoms with E-state index >= 15 is 0 Å². The summed E-state index contributed by atoms with van der Waals surface area (Å²) in [5, 5.41) is 0.747. The summed E-state index contributed by atoms with van der Waals surface area (Å²) in [6.07, 6.45) is 1.08. The van der Waals surface area contributed by atoms with Gasteiger partial charge in [0.25, 0.3) is 11.8 Å². The second-order valence-electron chi connectivity index (χ2n) is 6.51. The van der Waals surface area contributed by atoms with E-state index in [9.17, 15) is 18.0 Å². The van der Waals surface area contributed by atoms with Crippen molar-refractivity contribution in [3.05, 3.63) is 63.6 Å². The molecule has 0 spiro atoms. The number of halogens is 2. The van der Waals surface area contributed by atoms with Crippen molar-refractivity contribution >= 4 is 44.9 Å². The predicted molar refractivity (Wildman–Crippen MR) is 108 cm³/mol. The molecular weight excluding hydrogens is 423 g/mol. The van der Waals surface area contributed by atoms with Crippen molar-refractivity contribution in [3.63, 3.8) is 0 Å². The van der Waals surface area contributed by atoms with Crippen LogP contribution in [0.2, 0.25) is 10.0 Å². The maximum atomic E-state index is 12.8. The number of nitrogens with zero attached hydrogens (tertiary/aromatic N) is 2. The molecule has 2 aromatic rings. The van der Waals surface area contributed by atoms with Gasteiger partial charge in [0.1, 0.15) is 0 Å². The molecule has 0 unspecified atom stereocenters. The maximum absolute atomic E-state index is 12.8. The van der Waals surface area contributed by atoms with Crippen LogP contribution >= 0.6 is 23.2 Å². The number of amides is 2. The van der Waals surface area contributed by atoms with E-state index < -0.39 is 9.84 Å². The zero-order chi connectivity index (χ0) is 20.5. The van der Waals surface area contributed by atoms with Gasteiger partial charge >= 0.3 is 0 Å². The Hall–Kier alpha value is -2.09. The lowest BCUT2D eigenvalue weighted by molar-refractivity contribution is 0.0535. The number of carbonyl (C=O) groups excluding carboxylic acids is 2. The molecule has 3 rings (SSSR count). The summed E-state index contributed by atoms with van der Waals surface area (Å²) in [6, 6.07) is 10.7. The summed E-state index contributed by atoms with van der Waals surface area (Å²) in [6.45, 7) is 1.41. The molecule has 0 radical (unpaired) electrons. The van der Waals surface area contributed by atoms with Crippen molar-refractivity contribution < 1.29 is 18.0 Å². The lowest BCUT2D eigenvalue weighted by atomic mass is 10.1. The van der Waals surface area contributed by atoms with E-state index in [1.807, 2.05) is 0 Å². The molecule has 148 valence electrons. The zero-order valence-corrected chi connectivity index (χ0v) is 17.4. The summed E-state index contributed by atoms with van der Waals surface area (Å²) in [7, 11) is -3.45. The topological polar surface area (TPSA) is 74.8 Å². The molecule has 1 fully saturated rings. The first kappa shape index (κ1) is 20.6. The van der Waals surface area contributed by atoms with Crippen LogP contribution in [0.5, 0.6) is 0 Å². The van der Waals surface area contributed by atoms with Crippen LogP contribution < -0.4 is 0 Å². The predicted octanol–water partition coefficient (Wildman–Crippen LogP) is 3.00. The fourth-order valence-electron chi connectivity index (χ4n) is 2.96. The van der Waals surface area contributed by atoms with E-state index in [4.69, 9.17) is 23.2 Å². The van der Waals surface area contributed by atoms with E-state index in [0.29, 0.717) is 36.8 Å². The average molecular weight is 441 g/mol. The van der Waals surface area contributed by atoms with E-state index in [0.717, 1.165) is 6.26 Å². The van der Waals surface area contributed by atoms with Crippen molar-refractivity contribution in [2.24, 2.45) is 0 Å². The van der Waals surface area contributed by atoms with Gasteiger partial charge in [-0.05, 0) is 42.5 Å². The smallest absolute Gasteiger partial charge is 0.255 e. The second kappa shape index (κ2) is 8.11. The Morgan fingerprint density at radius 2 is 1.39 bits per heavy atom. The van der Waals surface area contributed by atoms with Gasteiger partial charge in [0.05, 0.1) is 15.5 Å². The monoisotopic (exact) mass is 440 g/mol. The van der Waals surface area contributed by atoms with Crippen LogP contribution in [0, 0.1) is 0 Å². The lowest BCUT2D eigenvalue weighted by Gasteiger charge is -2.35. The minimum absolute atomic E-state index is 0.0387. The quantitative estimate of drug-likeness (QED) is 0.734. The number of rotatable bonds is 3. The first-order valence-electron chi connectivity index (χ1n) is 8.50.